The van der Waals surface area contributed by atoms with Crippen LogP contribution in [0.15, 0.2) is 30.3 Å². The maximum absolute atomic E-state index is 12.7. The number of nitrogens with zero attached hydrogens (tertiary/aromatic N) is 1. The lowest BCUT2D eigenvalue weighted by Crippen LogP contribution is -2.40. The number of nitrogens with one attached hydrogen (secondary N) is 1. The molecule has 2 aromatic rings. The number of carbonyl (C=O) groups excluding carboxylic acids is 3. The molecule has 1 aliphatic carbocycles. The topological polar surface area (TPSA) is 77.4 Å². The molecular weight excluding hydrogens is 356 g/mol. The molecule has 1 aromatic heterocycles. The van der Waals surface area contributed by atoms with Gasteiger partial charge in [-0.05, 0) is 37.8 Å². The Kier molecular flexibility index (Phi) is 5.97. The summed E-state index contributed by atoms with van der Waals surface area (Å²) in [4.78, 5) is 36.7. The van der Waals surface area contributed by atoms with Gasteiger partial charge < -0.3 is 14.6 Å². The quantitative estimate of drug-likeness (QED) is 0.779. The normalized spacial score (nSPS) is 14.3. The smallest absolute Gasteiger partial charge is 0.328 e. The Bertz CT molecular complexity index is 899. The third kappa shape index (κ3) is 4.01. The number of ketones is 1. The van der Waals surface area contributed by atoms with Gasteiger partial charge in [-0.1, -0.05) is 30.3 Å². The first-order valence-corrected chi connectivity index (χ1v) is 9.57. The summed E-state index contributed by atoms with van der Waals surface area (Å²) in [6.07, 6.45) is 2.24. The summed E-state index contributed by atoms with van der Waals surface area (Å²) in [6, 6.07) is 9.35. The lowest BCUT2D eigenvalue weighted by atomic mass is 9.92. The number of aromatic nitrogens is 1. The maximum atomic E-state index is 12.7. The van der Waals surface area contributed by atoms with Gasteiger partial charge in [-0.25, -0.2) is 4.79 Å². The number of esters is 1. The fraction of sp³-hybridized carbons (Fsp3) is 0.409. The molecule has 0 aliphatic heterocycles. The monoisotopic (exact) mass is 382 g/mol. The van der Waals surface area contributed by atoms with Crippen LogP contribution in [0.1, 0.15) is 52.6 Å². The molecule has 28 heavy (non-hydrogen) atoms. The zero-order valence-corrected chi connectivity index (χ0v) is 16.6. The standard InChI is InChI=1S/C22H26N2O4/c1-14(22(27)28-3)23-20(26)12-17-15(2)24(13-16-8-5-4-6-9-16)18-10-7-11-19(25)21(17)18/h4-6,8-9,14H,7,10-13H2,1-3H3,(H,23,26)/t14-/m1/s1. The number of Topliss-reactive ketones (excluding diaryl/α,β-unsaturated/α-hetero) is 1. The molecule has 0 fully saturated rings. The Morgan fingerprint density at radius 1 is 1.21 bits per heavy atom. The van der Waals surface area contributed by atoms with Crippen molar-refractivity contribution in [1.29, 1.82) is 0 Å². The number of ether oxygens (including phenoxy) is 1. The summed E-state index contributed by atoms with van der Waals surface area (Å²) in [6.45, 7) is 4.21. The third-order valence-electron chi connectivity index (χ3n) is 5.31. The average Bonchev–Trinajstić information content (AvgIpc) is 2.95. The van der Waals surface area contributed by atoms with Gasteiger partial charge in [-0.2, -0.15) is 0 Å². The van der Waals surface area contributed by atoms with Crippen LogP contribution in [0.2, 0.25) is 0 Å². The molecule has 6 nitrogen and oxygen atoms in total. The second-order valence-electron chi connectivity index (χ2n) is 7.22. The molecule has 1 heterocycles. The molecule has 3 rings (SSSR count). The Balaban J connectivity index is 1.91. The van der Waals surface area contributed by atoms with Crippen LogP contribution in [-0.2, 0) is 33.7 Å². The van der Waals surface area contributed by atoms with Gasteiger partial charge in [0.25, 0.3) is 0 Å². The molecule has 1 aliphatic rings. The van der Waals surface area contributed by atoms with Crippen molar-refractivity contribution in [3.63, 3.8) is 0 Å². The fourth-order valence-corrected chi connectivity index (χ4v) is 3.87. The van der Waals surface area contributed by atoms with Crippen LogP contribution in [0.3, 0.4) is 0 Å². The second kappa shape index (κ2) is 8.42. The van der Waals surface area contributed by atoms with Crippen molar-refractivity contribution in [2.75, 3.05) is 7.11 Å². The van der Waals surface area contributed by atoms with E-state index in [4.69, 9.17) is 0 Å². The van der Waals surface area contributed by atoms with Crippen LogP contribution in [0, 0.1) is 6.92 Å². The second-order valence-corrected chi connectivity index (χ2v) is 7.22. The van der Waals surface area contributed by atoms with E-state index < -0.39 is 12.0 Å². The minimum atomic E-state index is -0.726. The van der Waals surface area contributed by atoms with Crippen molar-refractivity contribution in [1.82, 2.24) is 9.88 Å². The van der Waals surface area contributed by atoms with Crippen LogP contribution in [0.4, 0.5) is 0 Å². The minimum absolute atomic E-state index is 0.0725. The summed E-state index contributed by atoms with van der Waals surface area (Å²) in [7, 11) is 1.29. The van der Waals surface area contributed by atoms with E-state index in [1.807, 2.05) is 25.1 Å². The molecule has 0 spiro atoms. The molecule has 1 atom stereocenters. The van der Waals surface area contributed by atoms with E-state index in [0.717, 1.165) is 35.4 Å². The van der Waals surface area contributed by atoms with Crippen molar-refractivity contribution >= 4 is 17.7 Å². The van der Waals surface area contributed by atoms with E-state index in [2.05, 4.69) is 26.8 Å². The summed E-state index contributed by atoms with van der Waals surface area (Å²) < 4.78 is 6.81. The van der Waals surface area contributed by atoms with Crippen LogP contribution in [0.5, 0.6) is 0 Å². The molecule has 0 bridgehead atoms. The lowest BCUT2D eigenvalue weighted by Gasteiger charge is -2.16. The van der Waals surface area contributed by atoms with Crippen molar-refractivity contribution in [3.05, 3.63) is 58.4 Å². The van der Waals surface area contributed by atoms with Crippen molar-refractivity contribution in [2.24, 2.45) is 0 Å². The van der Waals surface area contributed by atoms with Crippen LogP contribution in [-0.4, -0.2) is 35.4 Å². The highest BCUT2D eigenvalue weighted by Crippen LogP contribution is 2.31. The fourth-order valence-electron chi connectivity index (χ4n) is 3.87. The lowest BCUT2D eigenvalue weighted by molar-refractivity contribution is -0.144. The van der Waals surface area contributed by atoms with Gasteiger partial charge in [0.1, 0.15) is 6.04 Å². The first-order valence-electron chi connectivity index (χ1n) is 9.57. The zero-order chi connectivity index (χ0) is 20.3. The summed E-state index contributed by atoms with van der Waals surface area (Å²) in [5, 5.41) is 2.65. The molecule has 0 unspecified atom stereocenters. The van der Waals surface area contributed by atoms with Crippen molar-refractivity contribution < 1.29 is 19.1 Å². The number of hydrogen-bond donors (Lipinski definition) is 1. The van der Waals surface area contributed by atoms with Gasteiger partial charge in [-0.3, -0.25) is 9.59 Å². The SMILES string of the molecule is COC(=O)[C@@H](C)NC(=O)Cc1c2c(n(Cc3ccccc3)c1C)CCCC2=O. The van der Waals surface area contributed by atoms with Gasteiger partial charge in [-0.15, -0.1) is 0 Å². The molecule has 148 valence electrons. The molecule has 1 aromatic carbocycles. The average molecular weight is 382 g/mol. The summed E-state index contributed by atoms with van der Waals surface area (Å²) in [5.41, 5.74) is 4.56. The Labute approximate surface area is 164 Å². The van der Waals surface area contributed by atoms with E-state index in [1.54, 1.807) is 6.92 Å². The van der Waals surface area contributed by atoms with Gasteiger partial charge in [0.15, 0.2) is 5.78 Å². The van der Waals surface area contributed by atoms with Crippen LogP contribution < -0.4 is 5.32 Å². The Hall–Kier alpha value is -2.89. The molecule has 1 N–H and O–H groups in total. The first kappa shape index (κ1) is 19.9. The van der Waals surface area contributed by atoms with E-state index >= 15 is 0 Å². The third-order valence-corrected chi connectivity index (χ3v) is 5.31. The number of rotatable bonds is 6. The highest BCUT2D eigenvalue weighted by Gasteiger charge is 2.29. The van der Waals surface area contributed by atoms with Gasteiger partial charge in [0.2, 0.25) is 5.91 Å². The highest BCUT2D eigenvalue weighted by atomic mass is 16.5. The number of carbonyl (C=O) groups is 3. The minimum Gasteiger partial charge on any atom is -0.467 e. The molecule has 6 heteroatoms. The number of methoxy groups -OCH3 is 1. The Morgan fingerprint density at radius 3 is 2.61 bits per heavy atom. The van der Waals surface area contributed by atoms with Gasteiger partial charge in [0, 0.05) is 29.9 Å². The van der Waals surface area contributed by atoms with Crippen molar-refractivity contribution in [3.8, 4) is 0 Å². The molecule has 0 radical (unpaired) electrons. The predicted molar refractivity (Wildman–Crippen MR) is 105 cm³/mol. The summed E-state index contributed by atoms with van der Waals surface area (Å²) >= 11 is 0. The van der Waals surface area contributed by atoms with Crippen LogP contribution >= 0.6 is 0 Å². The highest BCUT2D eigenvalue weighted by molar-refractivity contribution is 6.01. The molecular formula is C22H26N2O4. The summed E-state index contributed by atoms with van der Waals surface area (Å²) in [5.74, 6) is -0.691. The maximum Gasteiger partial charge on any atom is 0.328 e. The van der Waals surface area contributed by atoms with Crippen molar-refractivity contribution in [2.45, 2.75) is 52.1 Å². The Morgan fingerprint density at radius 2 is 1.93 bits per heavy atom. The predicted octanol–water partition coefficient (Wildman–Crippen LogP) is 2.58. The molecule has 0 saturated heterocycles. The van der Waals surface area contributed by atoms with Gasteiger partial charge >= 0.3 is 5.97 Å². The first-order chi connectivity index (χ1) is 13.4. The van der Waals surface area contributed by atoms with E-state index in [0.29, 0.717) is 18.5 Å². The van der Waals surface area contributed by atoms with Gasteiger partial charge in [0.05, 0.1) is 13.5 Å². The van der Waals surface area contributed by atoms with E-state index in [-0.39, 0.29) is 18.1 Å². The van der Waals surface area contributed by atoms with E-state index in [9.17, 15) is 14.4 Å². The van der Waals surface area contributed by atoms with Crippen LogP contribution in [0.25, 0.3) is 0 Å². The largest absolute Gasteiger partial charge is 0.467 e. The number of fused-ring (bicyclic) bond motifs is 1. The van der Waals surface area contributed by atoms with E-state index in [1.165, 1.54) is 7.11 Å². The number of amides is 1. The molecule has 1 amide bonds. The zero-order valence-electron chi connectivity index (χ0n) is 16.6. The number of hydrogen-bond acceptors (Lipinski definition) is 4. The molecule has 0 saturated carbocycles. The number of benzene rings is 1.